The van der Waals surface area contributed by atoms with Crippen LogP contribution in [0.2, 0.25) is 0 Å². The van der Waals surface area contributed by atoms with Gasteiger partial charge in [-0.05, 0) is 56.1 Å². The molecule has 118 valence electrons. The number of hydrogen-bond donors (Lipinski definition) is 0. The lowest BCUT2D eigenvalue weighted by Crippen LogP contribution is -2.39. The van der Waals surface area contributed by atoms with Crippen molar-refractivity contribution in [2.24, 2.45) is 5.18 Å². The normalized spacial score (nSPS) is 15.3. The van der Waals surface area contributed by atoms with Gasteiger partial charge in [0.15, 0.2) is 0 Å². The Morgan fingerprint density at radius 2 is 2.09 bits per heavy atom. The molecule has 1 aliphatic heterocycles. The smallest absolute Gasteiger partial charge is 0.410 e. The van der Waals surface area contributed by atoms with E-state index in [4.69, 9.17) is 4.74 Å². The molecule has 0 bridgehead atoms. The van der Waals surface area contributed by atoms with Crippen LogP contribution in [0.25, 0.3) is 5.57 Å². The van der Waals surface area contributed by atoms with E-state index in [2.05, 4.69) is 5.18 Å². The zero-order valence-corrected chi connectivity index (χ0v) is 12.9. The van der Waals surface area contributed by atoms with Gasteiger partial charge < -0.3 is 9.64 Å². The van der Waals surface area contributed by atoms with Gasteiger partial charge in [0.05, 0.1) is 0 Å². The highest BCUT2D eigenvalue weighted by atomic mass is 19.1. The van der Waals surface area contributed by atoms with E-state index < -0.39 is 11.4 Å². The van der Waals surface area contributed by atoms with Crippen molar-refractivity contribution in [1.82, 2.24) is 4.90 Å². The first kappa shape index (κ1) is 16.1. The summed E-state index contributed by atoms with van der Waals surface area (Å²) < 4.78 is 19.2. The van der Waals surface area contributed by atoms with Gasteiger partial charge in [0, 0.05) is 18.7 Å². The number of rotatable bonds is 2. The molecule has 2 rings (SSSR count). The van der Waals surface area contributed by atoms with E-state index in [-0.39, 0.29) is 11.8 Å². The highest BCUT2D eigenvalue weighted by Gasteiger charge is 2.24. The van der Waals surface area contributed by atoms with Crippen LogP contribution in [0.4, 0.5) is 14.9 Å². The van der Waals surface area contributed by atoms with E-state index >= 15 is 0 Å². The summed E-state index contributed by atoms with van der Waals surface area (Å²) in [5.41, 5.74) is 0.771. The molecular formula is C16H19FN2O3. The number of amides is 1. The summed E-state index contributed by atoms with van der Waals surface area (Å²) in [7, 11) is 0. The third kappa shape index (κ3) is 3.90. The molecule has 0 atom stereocenters. The lowest BCUT2D eigenvalue weighted by Gasteiger charge is -2.29. The summed E-state index contributed by atoms with van der Waals surface area (Å²) in [6.07, 6.45) is 1.89. The molecule has 0 spiro atoms. The maximum atomic E-state index is 13.9. The van der Waals surface area contributed by atoms with Gasteiger partial charge in [0.1, 0.15) is 17.1 Å². The summed E-state index contributed by atoms with van der Waals surface area (Å²) in [4.78, 5) is 24.1. The molecule has 5 nitrogen and oxygen atoms in total. The second-order valence-electron chi connectivity index (χ2n) is 6.16. The van der Waals surface area contributed by atoms with Crippen LogP contribution in [-0.4, -0.2) is 29.7 Å². The SMILES string of the molecule is CC(C)(C)OC(=O)N1CC=C(c2cc(N=O)ccc2F)CC1. The molecule has 1 amide bonds. The lowest BCUT2D eigenvalue weighted by molar-refractivity contribution is 0.0270. The van der Waals surface area contributed by atoms with Crippen LogP contribution in [0.5, 0.6) is 0 Å². The van der Waals surface area contributed by atoms with Crippen molar-refractivity contribution in [1.29, 1.82) is 0 Å². The zero-order chi connectivity index (χ0) is 16.3. The molecule has 1 heterocycles. The van der Waals surface area contributed by atoms with Gasteiger partial charge in [-0.15, -0.1) is 4.91 Å². The van der Waals surface area contributed by atoms with E-state index in [9.17, 15) is 14.1 Å². The topological polar surface area (TPSA) is 59.0 Å². The summed E-state index contributed by atoms with van der Waals surface area (Å²) in [5, 5.41) is 2.82. The molecule has 0 fully saturated rings. The molecule has 1 aromatic rings. The molecule has 0 saturated carbocycles. The summed E-state index contributed by atoms with van der Waals surface area (Å²) in [5.74, 6) is -0.399. The average molecular weight is 306 g/mol. The minimum absolute atomic E-state index is 0.187. The molecule has 0 N–H and O–H groups in total. The molecule has 0 radical (unpaired) electrons. The molecule has 0 aliphatic carbocycles. The number of nitrogens with zero attached hydrogens (tertiary/aromatic N) is 2. The molecule has 6 heteroatoms. The number of nitroso groups, excluding NO2 is 1. The largest absolute Gasteiger partial charge is 0.444 e. The van der Waals surface area contributed by atoms with Gasteiger partial charge >= 0.3 is 6.09 Å². The van der Waals surface area contributed by atoms with Crippen molar-refractivity contribution in [3.63, 3.8) is 0 Å². The summed E-state index contributed by atoms with van der Waals surface area (Å²) in [6, 6.07) is 3.99. The van der Waals surface area contributed by atoms with E-state index in [1.807, 2.05) is 20.8 Å². The maximum Gasteiger partial charge on any atom is 0.410 e. The third-order valence-corrected chi connectivity index (χ3v) is 3.26. The van der Waals surface area contributed by atoms with Crippen molar-refractivity contribution in [2.45, 2.75) is 32.8 Å². The van der Waals surface area contributed by atoms with Crippen molar-refractivity contribution in [3.8, 4) is 0 Å². The van der Waals surface area contributed by atoms with E-state index in [0.29, 0.717) is 25.1 Å². The van der Waals surface area contributed by atoms with Crippen molar-refractivity contribution >= 4 is 17.4 Å². The fraction of sp³-hybridized carbons (Fsp3) is 0.438. The Morgan fingerprint density at radius 3 is 2.64 bits per heavy atom. The molecule has 1 aromatic carbocycles. The Kier molecular flexibility index (Phi) is 4.59. The Balaban J connectivity index is 2.12. The first-order valence-corrected chi connectivity index (χ1v) is 7.10. The van der Waals surface area contributed by atoms with Gasteiger partial charge in [-0.2, -0.15) is 0 Å². The third-order valence-electron chi connectivity index (χ3n) is 3.26. The fourth-order valence-electron chi connectivity index (χ4n) is 2.22. The van der Waals surface area contributed by atoms with Gasteiger partial charge in [-0.25, -0.2) is 9.18 Å². The number of halogens is 1. The quantitative estimate of drug-likeness (QED) is 0.767. The lowest BCUT2D eigenvalue weighted by atomic mass is 9.98. The van der Waals surface area contributed by atoms with Crippen LogP contribution >= 0.6 is 0 Å². The number of ether oxygens (including phenoxy) is 1. The minimum atomic E-state index is -0.544. The Morgan fingerprint density at radius 1 is 1.36 bits per heavy atom. The first-order valence-electron chi connectivity index (χ1n) is 7.10. The van der Waals surface area contributed by atoms with Crippen LogP contribution in [0, 0.1) is 10.7 Å². The Hall–Kier alpha value is -2.24. The number of hydrogen-bond acceptors (Lipinski definition) is 4. The second kappa shape index (κ2) is 6.25. The molecule has 1 aliphatic rings. The zero-order valence-electron chi connectivity index (χ0n) is 12.9. The average Bonchev–Trinajstić information content (AvgIpc) is 2.46. The predicted molar refractivity (Wildman–Crippen MR) is 82.3 cm³/mol. The van der Waals surface area contributed by atoms with Crippen molar-refractivity contribution in [2.75, 3.05) is 13.1 Å². The molecular weight excluding hydrogens is 287 g/mol. The Labute approximate surface area is 128 Å². The van der Waals surface area contributed by atoms with Crippen LogP contribution in [0.1, 0.15) is 32.8 Å². The van der Waals surface area contributed by atoms with Gasteiger partial charge in [0.25, 0.3) is 0 Å². The van der Waals surface area contributed by atoms with E-state index in [1.54, 1.807) is 11.0 Å². The van der Waals surface area contributed by atoms with Gasteiger partial charge in [0.2, 0.25) is 0 Å². The fourth-order valence-corrected chi connectivity index (χ4v) is 2.22. The van der Waals surface area contributed by atoms with Crippen LogP contribution in [-0.2, 0) is 4.74 Å². The van der Waals surface area contributed by atoms with Gasteiger partial charge in [-0.3, -0.25) is 0 Å². The van der Waals surface area contributed by atoms with Crippen molar-refractivity contribution < 1.29 is 13.9 Å². The van der Waals surface area contributed by atoms with Crippen LogP contribution in [0.15, 0.2) is 29.5 Å². The number of benzene rings is 1. The van der Waals surface area contributed by atoms with Crippen LogP contribution < -0.4 is 0 Å². The summed E-state index contributed by atoms with van der Waals surface area (Å²) >= 11 is 0. The molecule has 22 heavy (non-hydrogen) atoms. The first-order chi connectivity index (χ1) is 10.3. The van der Waals surface area contributed by atoms with E-state index in [1.165, 1.54) is 18.2 Å². The minimum Gasteiger partial charge on any atom is -0.444 e. The Bertz CT molecular complexity index is 620. The predicted octanol–water partition coefficient (Wildman–Crippen LogP) is 4.25. The standard InChI is InChI=1S/C16H19FN2O3/c1-16(2,3)22-15(20)19-8-6-11(7-9-19)13-10-12(18-21)4-5-14(13)17/h4-6,10H,7-9H2,1-3H3. The monoisotopic (exact) mass is 306 g/mol. The number of carbonyl (C=O) groups excluding carboxylic acids is 1. The highest BCUT2D eigenvalue weighted by Crippen LogP contribution is 2.28. The molecule has 0 saturated heterocycles. The van der Waals surface area contributed by atoms with Gasteiger partial charge in [-0.1, -0.05) is 6.08 Å². The summed E-state index contributed by atoms with van der Waals surface area (Å²) in [6.45, 7) is 6.22. The molecule has 0 unspecified atom stereocenters. The van der Waals surface area contributed by atoms with Crippen LogP contribution in [0.3, 0.4) is 0 Å². The maximum absolute atomic E-state index is 13.9. The van der Waals surface area contributed by atoms with E-state index in [0.717, 1.165) is 5.57 Å². The van der Waals surface area contributed by atoms with Crippen molar-refractivity contribution in [3.05, 3.63) is 40.6 Å². The second-order valence-corrected chi connectivity index (χ2v) is 6.16. The highest BCUT2D eigenvalue weighted by molar-refractivity contribution is 5.73. The molecule has 0 aromatic heterocycles. The number of carbonyl (C=O) groups is 1.